The molecule has 0 bridgehead atoms. The molecule has 32 heavy (non-hydrogen) atoms. The minimum Gasteiger partial charge on any atom is -0.475 e. The zero-order chi connectivity index (χ0) is 23.1. The van der Waals surface area contributed by atoms with Crippen LogP contribution in [0.5, 0.6) is 0 Å². The van der Waals surface area contributed by atoms with Gasteiger partial charge in [0.05, 0.1) is 6.61 Å². The highest BCUT2D eigenvalue weighted by Crippen LogP contribution is 2.28. The van der Waals surface area contributed by atoms with E-state index >= 15 is 0 Å². The van der Waals surface area contributed by atoms with Gasteiger partial charge >= 0.3 is 12.1 Å². The predicted molar refractivity (Wildman–Crippen MR) is 116 cm³/mol. The van der Waals surface area contributed by atoms with Crippen LogP contribution in [0.4, 0.5) is 18.9 Å². The summed E-state index contributed by atoms with van der Waals surface area (Å²) in [5.41, 5.74) is 4.67. The molecule has 0 atom stereocenters. The number of piperidine rings is 1. The van der Waals surface area contributed by atoms with E-state index in [1.165, 1.54) is 22.2 Å². The van der Waals surface area contributed by atoms with Crippen molar-refractivity contribution >= 4 is 22.6 Å². The van der Waals surface area contributed by atoms with Gasteiger partial charge in [0.15, 0.2) is 0 Å². The zero-order valence-corrected chi connectivity index (χ0v) is 17.4. The van der Waals surface area contributed by atoms with E-state index in [1.54, 1.807) is 0 Å². The molecule has 0 amide bonds. The quantitative estimate of drug-likeness (QED) is 0.472. The molecule has 0 spiro atoms. The van der Waals surface area contributed by atoms with Crippen molar-refractivity contribution in [1.29, 1.82) is 0 Å². The number of nitrogens with zero attached hydrogens (tertiary/aromatic N) is 1. The molecule has 0 radical (unpaired) electrons. The van der Waals surface area contributed by atoms with Crippen LogP contribution in [-0.2, 0) is 17.9 Å². The first kappa shape index (κ1) is 23.6. The molecule has 1 saturated heterocycles. The van der Waals surface area contributed by atoms with E-state index in [0.717, 1.165) is 38.0 Å². The Labute approximate surface area is 183 Å². The number of hydrogen-bond acceptors (Lipinski definition) is 4. The van der Waals surface area contributed by atoms with E-state index in [2.05, 4.69) is 51.6 Å². The van der Waals surface area contributed by atoms with Crippen molar-refractivity contribution in [1.82, 2.24) is 10.3 Å². The molecule has 4 N–H and O–H groups in total. The average Bonchev–Trinajstić information content (AvgIpc) is 3.26. The maximum atomic E-state index is 10.6. The number of nitrogens with one attached hydrogen (secondary N) is 2. The molecule has 9 heteroatoms. The van der Waals surface area contributed by atoms with Crippen molar-refractivity contribution in [2.24, 2.45) is 0 Å². The normalized spacial score (nSPS) is 14.6. The first-order valence-corrected chi connectivity index (χ1v) is 10.3. The van der Waals surface area contributed by atoms with E-state index in [0.29, 0.717) is 6.04 Å². The monoisotopic (exact) mass is 449 g/mol. The van der Waals surface area contributed by atoms with E-state index in [1.807, 2.05) is 18.3 Å². The van der Waals surface area contributed by atoms with Crippen molar-refractivity contribution in [2.45, 2.75) is 38.2 Å². The summed E-state index contributed by atoms with van der Waals surface area (Å²) in [4.78, 5) is 14.7. The number of carboxylic acid groups (broad SMARTS) is 1. The number of aliphatic hydroxyl groups is 1. The summed E-state index contributed by atoms with van der Waals surface area (Å²) in [6.45, 7) is 3.11. The molecule has 2 aromatic carbocycles. The van der Waals surface area contributed by atoms with Gasteiger partial charge in [0.1, 0.15) is 0 Å². The van der Waals surface area contributed by atoms with E-state index in [9.17, 15) is 18.3 Å². The van der Waals surface area contributed by atoms with E-state index in [-0.39, 0.29) is 6.61 Å². The number of rotatable bonds is 5. The summed E-state index contributed by atoms with van der Waals surface area (Å²) in [5.74, 6) is -2.76. The fourth-order valence-corrected chi connectivity index (χ4v) is 3.79. The van der Waals surface area contributed by atoms with Gasteiger partial charge in [-0.2, -0.15) is 13.2 Å². The first-order chi connectivity index (χ1) is 15.3. The molecule has 3 aromatic rings. The van der Waals surface area contributed by atoms with Crippen molar-refractivity contribution in [3.63, 3.8) is 0 Å². The van der Waals surface area contributed by atoms with Crippen molar-refractivity contribution in [3.05, 3.63) is 65.9 Å². The van der Waals surface area contributed by atoms with Crippen LogP contribution in [0.25, 0.3) is 10.9 Å². The number of H-pyrrole nitrogens is 1. The van der Waals surface area contributed by atoms with Gasteiger partial charge in [-0.1, -0.05) is 24.3 Å². The Morgan fingerprint density at radius 1 is 1.06 bits per heavy atom. The van der Waals surface area contributed by atoms with Crippen LogP contribution in [0, 0.1) is 0 Å². The number of carboxylic acids is 1. The summed E-state index contributed by atoms with van der Waals surface area (Å²) >= 11 is 0. The van der Waals surface area contributed by atoms with Gasteiger partial charge in [0.25, 0.3) is 0 Å². The van der Waals surface area contributed by atoms with Crippen molar-refractivity contribution in [3.8, 4) is 0 Å². The number of aromatic amines is 1. The van der Waals surface area contributed by atoms with E-state index in [4.69, 9.17) is 9.90 Å². The number of aromatic nitrogens is 1. The number of benzene rings is 2. The maximum Gasteiger partial charge on any atom is 0.490 e. The smallest absolute Gasteiger partial charge is 0.475 e. The molecule has 1 fully saturated rings. The molecule has 0 unspecified atom stereocenters. The first-order valence-electron chi connectivity index (χ1n) is 10.3. The Kier molecular flexibility index (Phi) is 7.76. The largest absolute Gasteiger partial charge is 0.490 e. The number of aliphatic hydroxyl groups excluding tert-OH is 1. The van der Waals surface area contributed by atoms with Crippen LogP contribution in [0.15, 0.2) is 54.7 Å². The molecule has 0 saturated carbocycles. The summed E-state index contributed by atoms with van der Waals surface area (Å²) in [6.07, 6.45) is -0.774. The average molecular weight is 449 g/mol. The van der Waals surface area contributed by atoms with Crippen LogP contribution >= 0.6 is 0 Å². The SMILES string of the molecule is O=C(O)C(F)(F)F.OCc1cccc(CN(c2ccc3[nH]ccc3c2)C2CCNCC2)c1. The zero-order valence-electron chi connectivity index (χ0n) is 17.4. The highest BCUT2D eigenvalue weighted by molar-refractivity contribution is 5.83. The Balaban J connectivity index is 0.000000360. The Bertz CT molecular complexity index is 1030. The standard InChI is InChI=1S/C21H25N3O.C2HF3O2/c25-15-17-3-1-2-16(12-17)14-24(19-7-9-22-10-8-19)20-4-5-21-18(13-20)6-11-23-21;3-2(4,5)1(6)7/h1-6,11-13,19,22-23,25H,7-10,14-15H2;(H,6,7). The van der Waals surface area contributed by atoms with Gasteiger partial charge in [0, 0.05) is 35.4 Å². The summed E-state index contributed by atoms with van der Waals surface area (Å²) in [6, 6.07) is 17.6. The Hall–Kier alpha value is -3.04. The molecule has 4 rings (SSSR count). The molecule has 1 aliphatic heterocycles. The second kappa shape index (κ2) is 10.5. The highest BCUT2D eigenvalue weighted by Gasteiger charge is 2.38. The predicted octanol–water partition coefficient (Wildman–Crippen LogP) is 4.05. The van der Waals surface area contributed by atoms with Gasteiger partial charge in [-0.05, 0) is 61.3 Å². The minimum absolute atomic E-state index is 0.0937. The van der Waals surface area contributed by atoms with Crippen LogP contribution < -0.4 is 10.2 Å². The molecule has 172 valence electrons. The Morgan fingerprint density at radius 2 is 1.75 bits per heavy atom. The Morgan fingerprint density at radius 3 is 2.41 bits per heavy atom. The number of fused-ring (bicyclic) bond motifs is 1. The van der Waals surface area contributed by atoms with E-state index < -0.39 is 12.1 Å². The van der Waals surface area contributed by atoms with Crippen molar-refractivity contribution in [2.75, 3.05) is 18.0 Å². The van der Waals surface area contributed by atoms with Crippen LogP contribution in [0.2, 0.25) is 0 Å². The lowest BCUT2D eigenvalue weighted by molar-refractivity contribution is -0.192. The molecule has 1 aliphatic rings. The molecule has 6 nitrogen and oxygen atoms in total. The lowest BCUT2D eigenvalue weighted by Gasteiger charge is -2.36. The molecule has 0 aliphatic carbocycles. The third-order valence-electron chi connectivity index (χ3n) is 5.39. The number of carbonyl (C=O) groups is 1. The second-order valence-corrected chi connectivity index (χ2v) is 7.64. The number of anilines is 1. The third-order valence-corrected chi connectivity index (χ3v) is 5.39. The van der Waals surface area contributed by atoms with Crippen LogP contribution in [0.1, 0.15) is 24.0 Å². The molecule has 1 aromatic heterocycles. The topological polar surface area (TPSA) is 88.6 Å². The molecular formula is C23H26F3N3O3. The maximum absolute atomic E-state index is 10.6. The second-order valence-electron chi connectivity index (χ2n) is 7.64. The fourth-order valence-electron chi connectivity index (χ4n) is 3.79. The molecular weight excluding hydrogens is 423 g/mol. The fraction of sp³-hybridized carbons (Fsp3) is 0.348. The summed E-state index contributed by atoms with van der Waals surface area (Å²) < 4.78 is 31.7. The van der Waals surface area contributed by atoms with Gasteiger partial charge in [-0.3, -0.25) is 0 Å². The number of aliphatic carboxylic acids is 1. The number of halogens is 3. The lowest BCUT2D eigenvalue weighted by Crippen LogP contribution is -2.43. The summed E-state index contributed by atoms with van der Waals surface area (Å²) in [7, 11) is 0. The van der Waals surface area contributed by atoms with Gasteiger partial charge < -0.3 is 25.4 Å². The van der Waals surface area contributed by atoms with Crippen LogP contribution in [0.3, 0.4) is 0 Å². The van der Waals surface area contributed by atoms with Crippen molar-refractivity contribution < 1.29 is 28.2 Å². The minimum atomic E-state index is -5.08. The third kappa shape index (κ3) is 6.24. The van der Waals surface area contributed by atoms with Gasteiger partial charge in [-0.15, -0.1) is 0 Å². The number of alkyl halides is 3. The number of hydrogen-bond donors (Lipinski definition) is 4. The van der Waals surface area contributed by atoms with Crippen LogP contribution in [-0.4, -0.2) is 46.5 Å². The molecule has 2 heterocycles. The highest BCUT2D eigenvalue weighted by atomic mass is 19.4. The van der Waals surface area contributed by atoms with Gasteiger partial charge in [-0.25, -0.2) is 4.79 Å². The summed E-state index contributed by atoms with van der Waals surface area (Å²) in [5, 5.41) is 21.3. The van der Waals surface area contributed by atoms with Gasteiger partial charge in [0.2, 0.25) is 0 Å². The lowest BCUT2D eigenvalue weighted by atomic mass is 10.0.